The Balaban J connectivity index is 0.00000225. The van der Waals surface area contributed by atoms with Crippen LogP contribution < -0.4 is 5.32 Å². The standard InChI is InChI=1S/C20H29N3O3S.ClH/c1-2-27(25,26)23-10-8-20(9-11-23,18-6-4-3-5-7-18)19(24)22-14-16-12-21-13-17(16)15-22;/h3-7,16-17,21H,2,8-15H2,1H3;1H/t16-,17+;. The van der Waals surface area contributed by atoms with E-state index in [1.165, 1.54) is 0 Å². The minimum Gasteiger partial charge on any atom is -0.341 e. The zero-order valence-electron chi connectivity index (χ0n) is 16.3. The summed E-state index contributed by atoms with van der Waals surface area (Å²) in [5, 5.41) is 3.42. The number of nitrogens with one attached hydrogen (secondary N) is 1. The quantitative estimate of drug-likeness (QED) is 0.790. The summed E-state index contributed by atoms with van der Waals surface area (Å²) in [5.41, 5.74) is 0.423. The molecule has 3 fully saturated rings. The predicted octanol–water partition coefficient (Wildman–Crippen LogP) is 1.47. The van der Waals surface area contributed by atoms with Gasteiger partial charge >= 0.3 is 0 Å². The van der Waals surface area contributed by atoms with Gasteiger partial charge in [-0.1, -0.05) is 30.3 Å². The van der Waals surface area contributed by atoms with Crippen LogP contribution in [0.3, 0.4) is 0 Å². The Morgan fingerprint density at radius 2 is 1.68 bits per heavy atom. The third kappa shape index (κ3) is 3.70. The third-order valence-corrected chi connectivity index (χ3v) is 8.63. The molecule has 1 aromatic rings. The number of nitrogens with zero attached hydrogens (tertiary/aromatic N) is 2. The summed E-state index contributed by atoms with van der Waals surface area (Å²) in [6.07, 6.45) is 1.11. The highest BCUT2D eigenvalue weighted by Crippen LogP contribution is 2.40. The Labute approximate surface area is 174 Å². The van der Waals surface area contributed by atoms with Gasteiger partial charge in [0.15, 0.2) is 0 Å². The highest BCUT2D eigenvalue weighted by molar-refractivity contribution is 7.89. The van der Waals surface area contributed by atoms with Gasteiger partial charge in [0, 0.05) is 39.3 Å². The molecule has 3 heterocycles. The van der Waals surface area contributed by atoms with Crippen LogP contribution in [0.1, 0.15) is 25.3 Å². The maximum atomic E-state index is 13.7. The number of rotatable bonds is 4. The number of carbonyl (C=O) groups excluding carboxylic acids is 1. The molecule has 2 atom stereocenters. The smallest absolute Gasteiger partial charge is 0.233 e. The fourth-order valence-corrected chi connectivity index (χ4v) is 6.14. The number of fused-ring (bicyclic) bond motifs is 1. The molecule has 0 aliphatic carbocycles. The molecule has 3 aliphatic heterocycles. The summed E-state index contributed by atoms with van der Waals surface area (Å²) in [6.45, 7) is 6.14. The van der Waals surface area contributed by atoms with Crippen molar-refractivity contribution < 1.29 is 13.2 Å². The molecule has 0 unspecified atom stereocenters. The van der Waals surface area contributed by atoms with Gasteiger partial charge in [-0.25, -0.2) is 12.7 Å². The first-order valence-electron chi connectivity index (χ1n) is 10.00. The van der Waals surface area contributed by atoms with Crippen molar-refractivity contribution in [3.8, 4) is 0 Å². The molecule has 0 aromatic heterocycles. The third-order valence-electron chi connectivity index (χ3n) is 6.75. The molecule has 156 valence electrons. The van der Waals surface area contributed by atoms with Crippen LogP contribution in [0.5, 0.6) is 0 Å². The molecule has 1 amide bonds. The largest absolute Gasteiger partial charge is 0.341 e. The number of benzene rings is 1. The first-order chi connectivity index (χ1) is 13.0. The van der Waals surface area contributed by atoms with Crippen LogP contribution in [0, 0.1) is 11.8 Å². The number of halogens is 1. The van der Waals surface area contributed by atoms with Crippen molar-refractivity contribution in [3.63, 3.8) is 0 Å². The predicted molar refractivity (Wildman–Crippen MR) is 112 cm³/mol. The Bertz CT molecular complexity index is 782. The lowest BCUT2D eigenvalue weighted by Crippen LogP contribution is -2.54. The van der Waals surface area contributed by atoms with Crippen molar-refractivity contribution in [1.82, 2.24) is 14.5 Å². The van der Waals surface area contributed by atoms with Crippen molar-refractivity contribution in [1.29, 1.82) is 0 Å². The van der Waals surface area contributed by atoms with E-state index in [1.54, 1.807) is 11.2 Å². The van der Waals surface area contributed by atoms with Gasteiger partial charge in [0.05, 0.1) is 11.2 Å². The highest BCUT2D eigenvalue weighted by Gasteiger charge is 2.49. The summed E-state index contributed by atoms with van der Waals surface area (Å²) in [6, 6.07) is 9.97. The van der Waals surface area contributed by atoms with Crippen molar-refractivity contribution in [3.05, 3.63) is 35.9 Å². The van der Waals surface area contributed by atoms with Crippen LogP contribution in [0.4, 0.5) is 0 Å². The molecular formula is C20H30ClN3O3S. The summed E-state index contributed by atoms with van der Waals surface area (Å²) < 4.78 is 26.1. The number of piperidine rings is 1. The number of carbonyl (C=O) groups is 1. The molecule has 0 spiro atoms. The van der Waals surface area contributed by atoms with Crippen LogP contribution in [-0.4, -0.2) is 68.6 Å². The first-order valence-corrected chi connectivity index (χ1v) is 11.6. The van der Waals surface area contributed by atoms with E-state index in [0.29, 0.717) is 37.8 Å². The van der Waals surface area contributed by atoms with Gasteiger partial charge in [0.1, 0.15) is 0 Å². The van der Waals surface area contributed by atoms with Crippen molar-refractivity contribution >= 4 is 28.3 Å². The van der Waals surface area contributed by atoms with Crippen molar-refractivity contribution in [2.24, 2.45) is 11.8 Å². The maximum Gasteiger partial charge on any atom is 0.233 e. The fourth-order valence-electron chi connectivity index (χ4n) is 5.04. The van der Waals surface area contributed by atoms with Crippen LogP contribution >= 0.6 is 12.4 Å². The molecule has 28 heavy (non-hydrogen) atoms. The summed E-state index contributed by atoms with van der Waals surface area (Å²) in [4.78, 5) is 15.8. The van der Waals surface area contributed by atoms with E-state index in [9.17, 15) is 13.2 Å². The average Bonchev–Trinajstić information content (AvgIpc) is 3.30. The molecule has 0 saturated carbocycles. The lowest BCUT2D eigenvalue weighted by molar-refractivity contribution is -0.138. The molecular weight excluding hydrogens is 398 g/mol. The van der Waals surface area contributed by atoms with Gasteiger partial charge < -0.3 is 10.2 Å². The molecule has 3 aliphatic rings. The maximum absolute atomic E-state index is 13.7. The summed E-state index contributed by atoms with van der Waals surface area (Å²) in [5.74, 6) is 1.42. The summed E-state index contributed by atoms with van der Waals surface area (Å²) >= 11 is 0. The Morgan fingerprint density at radius 1 is 1.11 bits per heavy atom. The van der Waals surface area contributed by atoms with Crippen LogP contribution in [-0.2, 0) is 20.2 Å². The molecule has 8 heteroatoms. The normalized spacial score (nSPS) is 27.2. The number of sulfonamides is 1. The van der Waals surface area contributed by atoms with Gasteiger partial charge in [-0.3, -0.25) is 4.79 Å². The first kappa shape index (κ1) is 21.6. The molecule has 1 N–H and O–H groups in total. The number of hydrogen-bond acceptors (Lipinski definition) is 4. The van der Waals surface area contributed by atoms with E-state index in [2.05, 4.69) is 5.32 Å². The number of likely N-dealkylation sites (tertiary alicyclic amines) is 1. The van der Waals surface area contributed by atoms with Crippen molar-refractivity contribution in [2.45, 2.75) is 25.2 Å². The van der Waals surface area contributed by atoms with Gasteiger partial charge in [-0.15, -0.1) is 12.4 Å². The van der Waals surface area contributed by atoms with E-state index < -0.39 is 15.4 Å². The Kier molecular flexibility index (Phi) is 6.39. The van der Waals surface area contributed by atoms with E-state index in [-0.39, 0.29) is 24.1 Å². The molecule has 1 aromatic carbocycles. The lowest BCUT2D eigenvalue weighted by Gasteiger charge is -2.42. The minimum atomic E-state index is -3.21. The van der Waals surface area contributed by atoms with Gasteiger partial charge in [-0.2, -0.15) is 0 Å². The molecule has 3 saturated heterocycles. The molecule has 4 rings (SSSR count). The molecule has 0 radical (unpaired) electrons. The van der Waals surface area contributed by atoms with E-state index in [4.69, 9.17) is 0 Å². The fraction of sp³-hybridized carbons (Fsp3) is 0.650. The Morgan fingerprint density at radius 3 is 2.21 bits per heavy atom. The minimum absolute atomic E-state index is 0. The highest BCUT2D eigenvalue weighted by atomic mass is 35.5. The monoisotopic (exact) mass is 427 g/mol. The zero-order valence-corrected chi connectivity index (χ0v) is 18.0. The number of amides is 1. The van der Waals surface area contributed by atoms with E-state index in [1.807, 2.05) is 35.2 Å². The van der Waals surface area contributed by atoms with E-state index >= 15 is 0 Å². The van der Waals surface area contributed by atoms with Crippen molar-refractivity contribution in [2.75, 3.05) is 45.0 Å². The lowest BCUT2D eigenvalue weighted by atomic mass is 9.72. The van der Waals surface area contributed by atoms with Gasteiger partial charge in [0.2, 0.25) is 15.9 Å². The van der Waals surface area contributed by atoms with Gasteiger partial charge in [-0.05, 0) is 37.2 Å². The van der Waals surface area contributed by atoms with Crippen LogP contribution in [0.15, 0.2) is 30.3 Å². The SMILES string of the molecule is CCS(=O)(=O)N1CCC(C(=O)N2C[C@H]3CNC[C@H]3C2)(c2ccccc2)CC1.Cl. The second kappa shape index (κ2) is 8.30. The topological polar surface area (TPSA) is 69.7 Å². The average molecular weight is 428 g/mol. The van der Waals surface area contributed by atoms with Crippen LogP contribution in [0.25, 0.3) is 0 Å². The molecule has 6 nitrogen and oxygen atoms in total. The number of hydrogen-bond donors (Lipinski definition) is 1. The van der Waals surface area contributed by atoms with Crippen LogP contribution in [0.2, 0.25) is 0 Å². The second-order valence-corrected chi connectivity index (χ2v) is 10.4. The van der Waals surface area contributed by atoms with E-state index in [0.717, 1.165) is 31.7 Å². The second-order valence-electron chi connectivity index (χ2n) is 8.14. The Hall–Kier alpha value is -1.15. The van der Waals surface area contributed by atoms with Gasteiger partial charge in [0.25, 0.3) is 0 Å². The summed E-state index contributed by atoms with van der Waals surface area (Å²) in [7, 11) is -3.21. The molecule has 0 bridgehead atoms. The zero-order chi connectivity index (χ0) is 19.1.